The topological polar surface area (TPSA) is 108 Å². The maximum absolute atomic E-state index is 13.9. The van der Waals surface area contributed by atoms with E-state index in [2.05, 4.69) is 15.0 Å². The molecule has 41 heavy (non-hydrogen) atoms. The number of sulfonamides is 1. The molecule has 8 nitrogen and oxygen atoms in total. The van der Waals surface area contributed by atoms with Crippen LogP contribution in [0.25, 0.3) is 0 Å². The second-order valence-corrected chi connectivity index (χ2v) is 11.3. The van der Waals surface area contributed by atoms with Crippen LogP contribution in [0.5, 0.6) is 0 Å². The summed E-state index contributed by atoms with van der Waals surface area (Å²) in [7, 11) is -3.56. The van der Waals surface area contributed by atoms with Crippen molar-refractivity contribution in [3.63, 3.8) is 0 Å². The highest BCUT2D eigenvalue weighted by Crippen LogP contribution is 2.25. The highest BCUT2D eigenvalue weighted by atomic mass is 32.2. The Morgan fingerprint density at radius 2 is 1.49 bits per heavy atom. The SMILES string of the molecule is CCNS(=O)(=O)c1ccc(CCC(=O)N(Cc2ccccc2)[C@H](C(=O)NCc2ccccn2)c2ccccc2)cc1. The van der Waals surface area contributed by atoms with Gasteiger partial charge in [0.15, 0.2) is 0 Å². The highest BCUT2D eigenvalue weighted by molar-refractivity contribution is 7.89. The molecule has 212 valence electrons. The Kier molecular flexibility index (Phi) is 10.4. The molecular weight excluding hydrogens is 536 g/mol. The van der Waals surface area contributed by atoms with Gasteiger partial charge in [0.1, 0.15) is 6.04 Å². The average Bonchev–Trinajstić information content (AvgIpc) is 3.00. The Hall–Kier alpha value is -4.34. The third-order valence-electron chi connectivity index (χ3n) is 6.56. The van der Waals surface area contributed by atoms with Crippen molar-refractivity contribution >= 4 is 21.8 Å². The lowest BCUT2D eigenvalue weighted by atomic mass is 10.0. The molecule has 0 saturated heterocycles. The first-order valence-electron chi connectivity index (χ1n) is 13.5. The van der Waals surface area contributed by atoms with Crippen molar-refractivity contribution in [1.82, 2.24) is 19.9 Å². The van der Waals surface area contributed by atoms with Crippen molar-refractivity contribution in [2.24, 2.45) is 0 Å². The molecule has 3 aromatic carbocycles. The number of aryl methyl sites for hydroxylation is 1. The molecule has 0 aliphatic rings. The monoisotopic (exact) mass is 570 g/mol. The van der Waals surface area contributed by atoms with Crippen LogP contribution in [0.2, 0.25) is 0 Å². The maximum Gasteiger partial charge on any atom is 0.247 e. The molecule has 0 unspecified atom stereocenters. The summed E-state index contributed by atoms with van der Waals surface area (Å²) in [5.41, 5.74) is 3.14. The van der Waals surface area contributed by atoms with Gasteiger partial charge in [-0.2, -0.15) is 0 Å². The summed E-state index contributed by atoms with van der Waals surface area (Å²) in [6.45, 7) is 2.50. The van der Waals surface area contributed by atoms with Gasteiger partial charge in [-0.25, -0.2) is 13.1 Å². The summed E-state index contributed by atoms with van der Waals surface area (Å²) in [6.07, 6.45) is 2.20. The van der Waals surface area contributed by atoms with Gasteiger partial charge in [0.25, 0.3) is 0 Å². The van der Waals surface area contributed by atoms with Crippen LogP contribution in [0, 0.1) is 0 Å². The minimum absolute atomic E-state index is 0.142. The van der Waals surface area contributed by atoms with E-state index in [1.54, 1.807) is 30.2 Å². The van der Waals surface area contributed by atoms with Crippen LogP contribution in [0.15, 0.2) is 114 Å². The molecule has 0 aliphatic heterocycles. The lowest BCUT2D eigenvalue weighted by molar-refractivity contribution is -0.141. The van der Waals surface area contributed by atoms with E-state index in [1.807, 2.05) is 78.9 Å². The van der Waals surface area contributed by atoms with E-state index in [0.717, 1.165) is 11.1 Å². The molecule has 0 spiro atoms. The van der Waals surface area contributed by atoms with Gasteiger partial charge < -0.3 is 10.2 Å². The zero-order valence-corrected chi connectivity index (χ0v) is 23.8. The summed E-state index contributed by atoms with van der Waals surface area (Å²) in [6, 6.07) is 30.0. The number of nitrogens with one attached hydrogen (secondary N) is 2. The van der Waals surface area contributed by atoms with Gasteiger partial charge in [0.2, 0.25) is 21.8 Å². The van der Waals surface area contributed by atoms with E-state index in [9.17, 15) is 18.0 Å². The van der Waals surface area contributed by atoms with Gasteiger partial charge in [0.05, 0.1) is 17.1 Å². The van der Waals surface area contributed by atoms with Crippen molar-refractivity contribution in [3.8, 4) is 0 Å². The normalized spacial score (nSPS) is 11.9. The number of carbonyl (C=O) groups excluding carboxylic acids is 2. The minimum Gasteiger partial charge on any atom is -0.348 e. The maximum atomic E-state index is 13.9. The molecular formula is C32H34N4O4S. The lowest BCUT2D eigenvalue weighted by Crippen LogP contribution is -2.43. The van der Waals surface area contributed by atoms with Crippen molar-refractivity contribution in [1.29, 1.82) is 0 Å². The third-order valence-corrected chi connectivity index (χ3v) is 8.12. The van der Waals surface area contributed by atoms with Gasteiger partial charge in [-0.1, -0.05) is 85.8 Å². The zero-order chi connectivity index (χ0) is 29.1. The summed E-state index contributed by atoms with van der Waals surface area (Å²) in [5, 5.41) is 2.96. The second-order valence-electron chi connectivity index (χ2n) is 9.50. The number of nitrogens with zero attached hydrogens (tertiary/aromatic N) is 2. The van der Waals surface area contributed by atoms with Crippen molar-refractivity contribution < 1.29 is 18.0 Å². The Balaban J connectivity index is 1.58. The van der Waals surface area contributed by atoms with Crippen molar-refractivity contribution in [3.05, 3.63) is 132 Å². The number of hydrogen-bond acceptors (Lipinski definition) is 5. The van der Waals surface area contributed by atoms with Gasteiger partial charge in [-0.3, -0.25) is 14.6 Å². The molecule has 0 saturated carbocycles. The van der Waals surface area contributed by atoms with Crippen LogP contribution < -0.4 is 10.0 Å². The first-order chi connectivity index (χ1) is 19.9. The van der Waals surface area contributed by atoms with Crippen LogP contribution in [-0.2, 0) is 39.1 Å². The minimum atomic E-state index is -3.56. The molecule has 1 atom stereocenters. The quantitative estimate of drug-likeness (QED) is 0.248. The smallest absolute Gasteiger partial charge is 0.247 e. The van der Waals surface area contributed by atoms with Gasteiger partial charge in [-0.15, -0.1) is 0 Å². The fraction of sp³-hybridized carbons (Fsp3) is 0.219. The molecule has 1 aromatic heterocycles. The molecule has 4 aromatic rings. The van der Waals surface area contributed by atoms with Crippen LogP contribution in [0.3, 0.4) is 0 Å². The molecule has 0 radical (unpaired) electrons. The first-order valence-corrected chi connectivity index (χ1v) is 15.0. The van der Waals surface area contributed by atoms with Gasteiger partial charge in [-0.05, 0) is 47.4 Å². The Bertz CT molecular complexity index is 1510. The van der Waals surface area contributed by atoms with Crippen LogP contribution in [-0.4, -0.2) is 36.7 Å². The second kappa shape index (κ2) is 14.3. The Morgan fingerprint density at radius 3 is 2.12 bits per heavy atom. The number of aromatic nitrogens is 1. The number of amides is 2. The molecule has 1 heterocycles. The average molecular weight is 571 g/mol. The predicted molar refractivity (Wildman–Crippen MR) is 158 cm³/mol. The summed E-state index contributed by atoms with van der Waals surface area (Å²) >= 11 is 0. The summed E-state index contributed by atoms with van der Waals surface area (Å²) in [4.78, 5) is 33.6. The predicted octanol–water partition coefficient (Wildman–Crippen LogP) is 4.40. The number of benzene rings is 3. The third kappa shape index (κ3) is 8.33. The number of rotatable bonds is 13. The van der Waals surface area contributed by atoms with Crippen molar-refractivity contribution in [2.75, 3.05) is 6.54 Å². The van der Waals surface area contributed by atoms with Crippen LogP contribution >= 0.6 is 0 Å². The molecule has 2 N–H and O–H groups in total. The Morgan fingerprint density at radius 1 is 0.829 bits per heavy atom. The number of carbonyl (C=O) groups is 2. The van der Waals surface area contributed by atoms with E-state index in [4.69, 9.17) is 0 Å². The molecule has 2 amide bonds. The molecule has 4 rings (SSSR count). The lowest BCUT2D eigenvalue weighted by Gasteiger charge is -2.32. The fourth-order valence-electron chi connectivity index (χ4n) is 4.49. The van der Waals surface area contributed by atoms with Gasteiger partial charge >= 0.3 is 0 Å². The summed E-state index contributed by atoms with van der Waals surface area (Å²) < 4.78 is 27.0. The molecule has 0 fully saturated rings. The summed E-state index contributed by atoms with van der Waals surface area (Å²) in [5.74, 6) is -0.496. The Labute approximate surface area is 241 Å². The largest absolute Gasteiger partial charge is 0.348 e. The van der Waals surface area contributed by atoms with E-state index < -0.39 is 16.1 Å². The standard InChI is InChI=1S/C32H34N4O4S/c1-2-35-41(39,40)29-19-16-25(17-20-29)18-21-30(37)36(24-26-11-5-3-6-12-26)31(27-13-7-4-8-14-27)32(38)34-23-28-15-9-10-22-33-28/h3-17,19-20,22,31,35H,2,18,21,23-24H2,1H3,(H,34,38)/t31-/m0/s1. The number of hydrogen-bond donors (Lipinski definition) is 2. The highest BCUT2D eigenvalue weighted by Gasteiger charge is 2.31. The van der Waals surface area contributed by atoms with Gasteiger partial charge in [0, 0.05) is 25.7 Å². The van der Waals surface area contributed by atoms with E-state index in [1.165, 1.54) is 12.1 Å². The number of pyridine rings is 1. The van der Waals surface area contributed by atoms with E-state index in [0.29, 0.717) is 24.2 Å². The van der Waals surface area contributed by atoms with Crippen LogP contribution in [0.1, 0.15) is 41.8 Å². The fourth-order valence-corrected chi connectivity index (χ4v) is 5.53. The van der Waals surface area contributed by atoms with Crippen molar-refractivity contribution in [2.45, 2.75) is 43.8 Å². The molecule has 0 bridgehead atoms. The first kappa shape index (κ1) is 29.6. The molecule has 9 heteroatoms. The van der Waals surface area contributed by atoms with Crippen LogP contribution in [0.4, 0.5) is 0 Å². The van der Waals surface area contributed by atoms with E-state index >= 15 is 0 Å². The zero-order valence-electron chi connectivity index (χ0n) is 22.9. The molecule has 0 aliphatic carbocycles. The van der Waals surface area contributed by atoms with E-state index in [-0.39, 0.29) is 36.2 Å².